The molecule has 5 heteroatoms. The van der Waals surface area contributed by atoms with E-state index in [0.29, 0.717) is 5.56 Å². The number of halogens is 1. The number of fused-ring (bicyclic) bond motifs is 1. The average molecular weight is 381 g/mol. The van der Waals surface area contributed by atoms with E-state index in [2.05, 4.69) is 28.6 Å². The maximum absolute atomic E-state index is 13.3. The first kappa shape index (κ1) is 20.1. The molecule has 1 amide bonds. The van der Waals surface area contributed by atoms with E-state index < -0.39 is 0 Å². The normalized spacial score (nSPS) is 12.5. The van der Waals surface area contributed by atoms with E-state index in [1.165, 1.54) is 23.4 Å². The second kappa shape index (κ2) is 8.15. The molecule has 2 aromatic carbocycles. The summed E-state index contributed by atoms with van der Waals surface area (Å²) in [7, 11) is 6.03. The van der Waals surface area contributed by atoms with E-state index in [1.807, 2.05) is 39.3 Å². The molecule has 0 fully saturated rings. The van der Waals surface area contributed by atoms with Crippen molar-refractivity contribution in [1.29, 1.82) is 0 Å². The Kier molecular flexibility index (Phi) is 5.84. The van der Waals surface area contributed by atoms with Crippen LogP contribution in [0.1, 0.15) is 39.6 Å². The third kappa shape index (κ3) is 4.09. The summed E-state index contributed by atoms with van der Waals surface area (Å²) < 4.78 is 15.5. The lowest BCUT2D eigenvalue weighted by atomic mass is 10.0. The van der Waals surface area contributed by atoms with Crippen molar-refractivity contribution in [2.75, 3.05) is 20.6 Å². The first-order chi connectivity index (χ1) is 13.3. The molecule has 0 saturated heterocycles. The molecule has 0 aliphatic rings. The average Bonchev–Trinajstić information content (AvgIpc) is 2.89. The van der Waals surface area contributed by atoms with Gasteiger partial charge < -0.3 is 14.8 Å². The van der Waals surface area contributed by atoms with E-state index >= 15 is 0 Å². The van der Waals surface area contributed by atoms with Crippen LogP contribution in [0, 0.1) is 19.7 Å². The molecule has 1 unspecified atom stereocenters. The fourth-order valence-corrected chi connectivity index (χ4v) is 3.54. The molecular formula is C23H28FN3O. The lowest BCUT2D eigenvalue weighted by molar-refractivity contribution is 0.0933. The molecule has 0 saturated carbocycles. The fourth-order valence-electron chi connectivity index (χ4n) is 3.54. The van der Waals surface area contributed by atoms with Crippen LogP contribution in [-0.4, -0.2) is 36.0 Å². The molecule has 148 valence electrons. The van der Waals surface area contributed by atoms with Crippen molar-refractivity contribution in [3.8, 4) is 0 Å². The number of hydrogen-bond acceptors (Lipinski definition) is 2. The van der Waals surface area contributed by atoms with Crippen LogP contribution >= 0.6 is 0 Å². The van der Waals surface area contributed by atoms with E-state index in [4.69, 9.17) is 0 Å². The first-order valence-electron chi connectivity index (χ1n) is 9.54. The van der Waals surface area contributed by atoms with Crippen molar-refractivity contribution in [3.05, 3.63) is 70.7 Å². The smallest absolute Gasteiger partial charge is 0.251 e. The molecule has 4 nitrogen and oxygen atoms in total. The van der Waals surface area contributed by atoms with Crippen molar-refractivity contribution in [2.24, 2.45) is 7.05 Å². The van der Waals surface area contributed by atoms with Gasteiger partial charge >= 0.3 is 0 Å². The Labute approximate surface area is 166 Å². The van der Waals surface area contributed by atoms with Gasteiger partial charge in [0.2, 0.25) is 0 Å². The molecule has 0 bridgehead atoms. The maximum atomic E-state index is 13.3. The van der Waals surface area contributed by atoms with Crippen LogP contribution in [0.25, 0.3) is 10.9 Å². The predicted octanol–water partition coefficient (Wildman–Crippen LogP) is 4.36. The van der Waals surface area contributed by atoms with Crippen LogP contribution in [-0.2, 0) is 7.05 Å². The van der Waals surface area contributed by atoms with Gasteiger partial charge in [0, 0.05) is 29.2 Å². The van der Waals surface area contributed by atoms with Gasteiger partial charge in [0.1, 0.15) is 5.82 Å². The lowest BCUT2D eigenvalue weighted by Crippen LogP contribution is -2.31. The Hall–Kier alpha value is -2.66. The Bertz CT molecular complexity index is 989. The minimum atomic E-state index is -0.276. The summed E-state index contributed by atoms with van der Waals surface area (Å²) in [5.74, 6) is -0.391. The fraction of sp³-hybridized carbons (Fsp3) is 0.348. The summed E-state index contributed by atoms with van der Waals surface area (Å²) in [6.45, 7) is 4.98. The van der Waals surface area contributed by atoms with Gasteiger partial charge in [-0.2, -0.15) is 0 Å². The molecule has 0 aliphatic heterocycles. The van der Waals surface area contributed by atoms with Crippen LogP contribution in [0.2, 0.25) is 0 Å². The Balaban J connectivity index is 1.87. The monoisotopic (exact) mass is 381 g/mol. The maximum Gasteiger partial charge on any atom is 0.251 e. The molecule has 1 atom stereocenters. The van der Waals surface area contributed by atoms with Gasteiger partial charge in [0.05, 0.1) is 6.04 Å². The van der Waals surface area contributed by atoms with Gasteiger partial charge in [-0.15, -0.1) is 0 Å². The molecule has 0 radical (unpaired) electrons. The molecule has 3 aromatic rings. The molecular weight excluding hydrogens is 353 g/mol. The first-order valence-corrected chi connectivity index (χ1v) is 9.54. The third-order valence-corrected chi connectivity index (χ3v) is 5.51. The number of carbonyl (C=O) groups is 1. The van der Waals surface area contributed by atoms with Crippen LogP contribution < -0.4 is 5.32 Å². The summed E-state index contributed by atoms with van der Waals surface area (Å²) >= 11 is 0. The number of rotatable bonds is 6. The Morgan fingerprint density at radius 1 is 1.14 bits per heavy atom. The van der Waals surface area contributed by atoms with Gasteiger partial charge in [0.15, 0.2) is 0 Å². The van der Waals surface area contributed by atoms with Crippen molar-refractivity contribution in [1.82, 2.24) is 14.8 Å². The predicted molar refractivity (Wildman–Crippen MR) is 112 cm³/mol. The number of aromatic nitrogens is 1. The molecule has 1 heterocycles. The number of carbonyl (C=O) groups excluding carboxylic acids is 1. The largest absolute Gasteiger partial charge is 0.348 e. The van der Waals surface area contributed by atoms with Crippen molar-refractivity contribution in [2.45, 2.75) is 26.3 Å². The zero-order valence-electron chi connectivity index (χ0n) is 17.2. The number of hydrogen-bond donors (Lipinski definition) is 1. The van der Waals surface area contributed by atoms with Gasteiger partial charge in [0.25, 0.3) is 5.91 Å². The SMILES string of the molecule is Cc1c(C)n(C)c2ccc(C(=O)NC(CCN(C)C)c3ccc(F)cc3)cc12. The second-order valence-electron chi connectivity index (χ2n) is 7.67. The molecule has 0 aliphatic carbocycles. The highest BCUT2D eigenvalue weighted by molar-refractivity contribution is 5.99. The van der Waals surface area contributed by atoms with E-state index in [0.717, 1.165) is 29.4 Å². The van der Waals surface area contributed by atoms with Crippen LogP contribution in [0.4, 0.5) is 4.39 Å². The van der Waals surface area contributed by atoms with Gasteiger partial charge in [-0.3, -0.25) is 4.79 Å². The molecule has 3 rings (SSSR count). The van der Waals surface area contributed by atoms with E-state index in [-0.39, 0.29) is 17.8 Å². The topological polar surface area (TPSA) is 37.3 Å². The molecule has 0 spiro atoms. The lowest BCUT2D eigenvalue weighted by Gasteiger charge is -2.21. The summed E-state index contributed by atoms with van der Waals surface area (Å²) in [6, 6.07) is 12.0. The van der Waals surface area contributed by atoms with E-state index in [9.17, 15) is 9.18 Å². The zero-order chi connectivity index (χ0) is 20.4. The Morgan fingerprint density at radius 3 is 2.46 bits per heavy atom. The standard InChI is InChI=1S/C23H28FN3O/c1-15-16(2)27(5)22-11-8-18(14-20(15)22)23(28)25-21(12-13-26(3)4)17-6-9-19(24)10-7-17/h6-11,14,21H,12-13H2,1-5H3,(H,25,28). The van der Waals surface area contributed by atoms with E-state index in [1.54, 1.807) is 12.1 Å². The van der Waals surface area contributed by atoms with Crippen LogP contribution in [0.5, 0.6) is 0 Å². The summed E-state index contributed by atoms with van der Waals surface area (Å²) in [5.41, 5.74) is 5.05. The number of amides is 1. The number of benzene rings is 2. The van der Waals surface area contributed by atoms with Crippen LogP contribution in [0.3, 0.4) is 0 Å². The molecule has 28 heavy (non-hydrogen) atoms. The zero-order valence-corrected chi connectivity index (χ0v) is 17.2. The quantitative estimate of drug-likeness (QED) is 0.689. The highest BCUT2D eigenvalue weighted by Crippen LogP contribution is 2.26. The number of aryl methyl sites for hydroxylation is 2. The van der Waals surface area contributed by atoms with Gasteiger partial charge in [-0.05, 0) is 82.4 Å². The highest BCUT2D eigenvalue weighted by Gasteiger charge is 2.18. The van der Waals surface area contributed by atoms with Crippen molar-refractivity contribution >= 4 is 16.8 Å². The minimum Gasteiger partial charge on any atom is -0.348 e. The molecule has 1 aromatic heterocycles. The highest BCUT2D eigenvalue weighted by atomic mass is 19.1. The van der Waals surface area contributed by atoms with Gasteiger partial charge in [-0.1, -0.05) is 12.1 Å². The molecule has 1 N–H and O–H groups in total. The summed E-state index contributed by atoms with van der Waals surface area (Å²) in [5, 5.41) is 4.23. The Morgan fingerprint density at radius 2 is 1.82 bits per heavy atom. The minimum absolute atomic E-state index is 0.115. The van der Waals surface area contributed by atoms with Crippen molar-refractivity contribution < 1.29 is 9.18 Å². The number of nitrogens with one attached hydrogen (secondary N) is 1. The van der Waals surface area contributed by atoms with Crippen molar-refractivity contribution in [3.63, 3.8) is 0 Å². The summed E-state index contributed by atoms with van der Waals surface area (Å²) in [4.78, 5) is 15.1. The van der Waals surface area contributed by atoms with Crippen LogP contribution in [0.15, 0.2) is 42.5 Å². The van der Waals surface area contributed by atoms with Gasteiger partial charge in [-0.25, -0.2) is 4.39 Å². The second-order valence-corrected chi connectivity index (χ2v) is 7.67. The summed E-state index contributed by atoms with van der Waals surface area (Å²) in [6.07, 6.45) is 0.746. The number of nitrogens with zero attached hydrogens (tertiary/aromatic N) is 2. The third-order valence-electron chi connectivity index (χ3n) is 5.51.